The van der Waals surface area contributed by atoms with E-state index in [1.165, 1.54) is 19.3 Å². The van der Waals surface area contributed by atoms with E-state index >= 15 is 0 Å². The number of nitrogens with zero attached hydrogens (tertiary/aromatic N) is 1. The average Bonchev–Trinajstić information content (AvgIpc) is 3.12. The maximum Gasteiger partial charge on any atom is 0.387 e. The van der Waals surface area contributed by atoms with Gasteiger partial charge in [0.05, 0.1) is 18.4 Å². The van der Waals surface area contributed by atoms with Crippen LogP contribution in [0.1, 0.15) is 28.1 Å². The summed E-state index contributed by atoms with van der Waals surface area (Å²) in [6.45, 7) is 1.05. The lowest BCUT2D eigenvalue weighted by Crippen LogP contribution is -2.21. The molecule has 3 rings (SSSR count). The van der Waals surface area contributed by atoms with Crippen LogP contribution in [0.4, 0.5) is 8.78 Å². The second-order valence-corrected chi connectivity index (χ2v) is 7.04. The van der Waals surface area contributed by atoms with Crippen LogP contribution in [-0.4, -0.2) is 24.8 Å². The van der Waals surface area contributed by atoms with E-state index in [0.717, 1.165) is 11.3 Å². The van der Waals surface area contributed by atoms with Gasteiger partial charge in [0, 0.05) is 18.2 Å². The predicted octanol–water partition coefficient (Wildman–Crippen LogP) is 4.81. The molecule has 1 N–H and O–H groups in total. The van der Waals surface area contributed by atoms with Crippen LogP contribution in [-0.2, 0) is 17.9 Å². The number of ether oxygens (including phenoxy) is 3. The Bertz CT molecular complexity index is 1110. The summed E-state index contributed by atoms with van der Waals surface area (Å²) in [5.74, 6) is 1.37. The van der Waals surface area contributed by atoms with Gasteiger partial charge < -0.3 is 24.1 Å². The Morgan fingerprint density at radius 2 is 1.94 bits per heavy atom. The predicted molar refractivity (Wildman–Crippen MR) is 117 cm³/mol. The summed E-state index contributed by atoms with van der Waals surface area (Å²) in [6, 6.07) is 11.5. The van der Waals surface area contributed by atoms with Crippen molar-refractivity contribution in [1.29, 1.82) is 0 Å². The van der Waals surface area contributed by atoms with Crippen LogP contribution < -0.4 is 19.5 Å². The Balaban J connectivity index is 1.60. The zero-order chi connectivity index (χ0) is 23.8. The number of benzene rings is 2. The molecule has 0 bridgehead atoms. The maximum absolute atomic E-state index is 12.5. The Labute approximate surface area is 189 Å². The maximum atomic E-state index is 12.5. The Hall–Kier alpha value is -3.88. The lowest BCUT2D eigenvalue weighted by atomic mass is 10.1. The van der Waals surface area contributed by atoms with Gasteiger partial charge in [0.15, 0.2) is 11.5 Å². The fourth-order valence-corrected chi connectivity index (χ4v) is 3.04. The molecule has 1 heterocycles. The van der Waals surface area contributed by atoms with Gasteiger partial charge in [0.2, 0.25) is 5.91 Å². The molecule has 0 fully saturated rings. The van der Waals surface area contributed by atoms with Crippen molar-refractivity contribution in [1.82, 2.24) is 10.5 Å². The Morgan fingerprint density at radius 3 is 2.64 bits per heavy atom. The molecule has 33 heavy (non-hydrogen) atoms. The number of para-hydroxylation sites is 1. The fraction of sp³-hybridized carbons (Fsp3) is 0.250. The first kappa shape index (κ1) is 23.8. The summed E-state index contributed by atoms with van der Waals surface area (Å²) in [5, 5.41) is 6.55. The topological polar surface area (TPSA) is 82.8 Å². The second-order valence-electron chi connectivity index (χ2n) is 7.04. The summed E-state index contributed by atoms with van der Waals surface area (Å²) in [4.78, 5) is 12.2. The van der Waals surface area contributed by atoms with Crippen molar-refractivity contribution in [3.63, 3.8) is 0 Å². The molecular formula is C24H24F2N2O5. The average molecular weight is 458 g/mol. The largest absolute Gasteiger partial charge is 0.493 e. The highest BCUT2D eigenvalue weighted by atomic mass is 19.3. The summed E-state index contributed by atoms with van der Waals surface area (Å²) in [6.07, 6.45) is 2.95. The third-order valence-electron chi connectivity index (χ3n) is 4.81. The number of aromatic nitrogens is 1. The quantitative estimate of drug-likeness (QED) is 0.439. The van der Waals surface area contributed by atoms with E-state index in [-0.39, 0.29) is 24.8 Å². The number of alkyl halides is 2. The van der Waals surface area contributed by atoms with Gasteiger partial charge in [0.1, 0.15) is 18.1 Å². The first-order valence-corrected chi connectivity index (χ1v) is 10.1. The monoisotopic (exact) mass is 458 g/mol. The van der Waals surface area contributed by atoms with Crippen LogP contribution in [0, 0.1) is 13.8 Å². The molecular weight excluding hydrogens is 434 g/mol. The van der Waals surface area contributed by atoms with Crippen molar-refractivity contribution in [3.05, 3.63) is 76.7 Å². The van der Waals surface area contributed by atoms with Crippen molar-refractivity contribution in [2.24, 2.45) is 0 Å². The van der Waals surface area contributed by atoms with Crippen LogP contribution in [0.5, 0.6) is 17.2 Å². The summed E-state index contributed by atoms with van der Waals surface area (Å²) >= 11 is 0. The Morgan fingerprint density at radius 1 is 1.15 bits per heavy atom. The fourth-order valence-electron chi connectivity index (χ4n) is 3.04. The van der Waals surface area contributed by atoms with Gasteiger partial charge in [-0.05, 0) is 43.7 Å². The molecule has 0 spiro atoms. The zero-order valence-electron chi connectivity index (χ0n) is 18.4. The zero-order valence-corrected chi connectivity index (χ0v) is 18.4. The number of halogens is 2. The molecule has 0 saturated heterocycles. The minimum Gasteiger partial charge on any atom is -0.493 e. The third-order valence-corrected chi connectivity index (χ3v) is 4.81. The van der Waals surface area contributed by atoms with E-state index in [1.54, 1.807) is 42.5 Å². The number of aryl methyl sites for hydroxylation is 2. The number of rotatable bonds is 10. The number of amides is 1. The van der Waals surface area contributed by atoms with Gasteiger partial charge in [-0.2, -0.15) is 8.78 Å². The molecule has 174 valence electrons. The van der Waals surface area contributed by atoms with Crippen molar-refractivity contribution >= 4 is 12.0 Å². The molecule has 0 radical (unpaired) electrons. The second kappa shape index (κ2) is 11.1. The van der Waals surface area contributed by atoms with E-state index in [2.05, 4.69) is 15.2 Å². The van der Waals surface area contributed by atoms with Crippen molar-refractivity contribution in [3.8, 4) is 17.2 Å². The lowest BCUT2D eigenvalue weighted by Gasteiger charge is -2.11. The highest BCUT2D eigenvalue weighted by Crippen LogP contribution is 2.30. The lowest BCUT2D eigenvalue weighted by molar-refractivity contribution is -0.116. The van der Waals surface area contributed by atoms with Crippen LogP contribution in [0.2, 0.25) is 0 Å². The first-order chi connectivity index (χ1) is 15.9. The summed E-state index contributed by atoms with van der Waals surface area (Å²) < 4.78 is 45.9. The van der Waals surface area contributed by atoms with E-state index in [0.29, 0.717) is 28.4 Å². The molecule has 0 atom stereocenters. The SMILES string of the molecule is COc1cc(/C=C/C(=O)NCc2ccccc2OC(F)F)ccc1OCc1c(C)noc1C. The highest BCUT2D eigenvalue weighted by molar-refractivity contribution is 5.91. The Kier molecular flexibility index (Phi) is 8.01. The van der Waals surface area contributed by atoms with E-state index < -0.39 is 6.61 Å². The van der Waals surface area contributed by atoms with E-state index in [1.807, 2.05) is 13.8 Å². The van der Waals surface area contributed by atoms with E-state index in [4.69, 9.17) is 14.0 Å². The molecule has 3 aromatic rings. The molecule has 1 amide bonds. The molecule has 7 nitrogen and oxygen atoms in total. The minimum atomic E-state index is -2.94. The minimum absolute atomic E-state index is 0.0219. The van der Waals surface area contributed by atoms with Crippen LogP contribution in [0.25, 0.3) is 6.08 Å². The first-order valence-electron chi connectivity index (χ1n) is 10.1. The number of carbonyl (C=O) groups is 1. The van der Waals surface area contributed by atoms with E-state index in [9.17, 15) is 13.6 Å². The number of hydrogen-bond donors (Lipinski definition) is 1. The molecule has 2 aromatic carbocycles. The smallest absolute Gasteiger partial charge is 0.387 e. The number of carbonyl (C=O) groups excluding carboxylic acids is 1. The van der Waals surface area contributed by atoms with Gasteiger partial charge in [-0.15, -0.1) is 0 Å². The molecule has 0 aliphatic rings. The van der Waals surface area contributed by atoms with Crippen LogP contribution in [0.15, 0.2) is 53.1 Å². The summed E-state index contributed by atoms with van der Waals surface area (Å²) in [5.41, 5.74) is 2.80. The molecule has 0 aliphatic carbocycles. The van der Waals surface area contributed by atoms with Crippen molar-refractivity contribution in [2.45, 2.75) is 33.6 Å². The number of methoxy groups -OCH3 is 1. The van der Waals surface area contributed by atoms with Gasteiger partial charge in [-0.3, -0.25) is 4.79 Å². The van der Waals surface area contributed by atoms with Gasteiger partial charge in [0.25, 0.3) is 0 Å². The summed E-state index contributed by atoms with van der Waals surface area (Å²) in [7, 11) is 1.53. The number of nitrogens with one attached hydrogen (secondary N) is 1. The molecule has 0 unspecified atom stereocenters. The molecule has 0 aliphatic heterocycles. The van der Waals surface area contributed by atoms with Gasteiger partial charge in [-0.1, -0.05) is 29.4 Å². The molecule has 9 heteroatoms. The standard InChI is InChI=1S/C24H24F2N2O5/c1-15-19(16(2)33-28-15)14-31-21-10-8-17(12-22(21)30-3)9-11-23(29)27-13-18-6-4-5-7-20(18)32-24(25)26/h4-12,24H,13-14H2,1-3H3,(H,27,29)/b11-9+. The van der Waals surface area contributed by atoms with Crippen LogP contribution >= 0.6 is 0 Å². The van der Waals surface area contributed by atoms with Crippen LogP contribution in [0.3, 0.4) is 0 Å². The van der Waals surface area contributed by atoms with Crippen molar-refractivity contribution < 1.29 is 32.3 Å². The molecule has 1 aromatic heterocycles. The number of hydrogen-bond acceptors (Lipinski definition) is 6. The van der Waals surface area contributed by atoms with Crippen molar-refractivity contribution in [2.75, 3.05) is 7.11 Å². The van der Waals surface area contributed by atoms with Gasteiger partial charge >= 0.3 is 6.61 Å². The molecule has 0 saturated carbocycles. The highest BCUT2D eigenvalue weighted by Gasteiger charge is 2.12. The van der Waals surface area contributed by atoms with Gasteiger partial charge in [-0.25, -0.2) is 0 Å². The third kappa shape index (κ3) is 6.55. The normalized spacial score (nSPS) is 11.1.